The Morgan fingerprint density at radius 1 is 0.960 bits per heavy atom. The number of Topliss-reactive ketones (excluding diaryl/α,β-unsaturated/α-hetero) is 1. The van der Waals surface area contributed by atoms with Crippen LogP contribution in [0, 0.1) is 35.5 Å². The second-order valence-electron chi connectivity index (χ2n) is 10.0. The van der Waals surface area contributed by atoms with Crippen molar-refractivity contribution in [2.75, 3.05) is 0 Å². The highest BCUT2D eigenvalue weighted by Crippen LogP contribution is 2.57. The van der Waals surface area contributed by atoms with E-state index in [1.54, 1.807) is 0 Å². The molecule has 3 nitrogen and oxygen atoms in total. The predicted octanol–water partition coefficient (Wildman–Crippen LogP) is 5.17. The zero-order valence-electron chi connectivity index (χ0n) is 16.6. The van der Waals surface area contributed by atoms with Crippen LogP contribution in [0.25, 0.3) is 0 Å². The summed E-state index contributed by atoms with van der Waals surface area (Å²) in [4.78, 5) is 25.0. The summed E-state index contributed by atoms with van der Waals surface area (Å²) in [6, 6.07) is 0. The number of rotatable bonds is 8. The molecule has 4 aliphatic carbocycles. The molecule has 0 radical (unpaired) electrons. The fourth-order valence-corrected chi connectivity index (χ4v) is 6.04. The second-order valence-corrected chi connectivity index (χ2v) is 10.0. The molecule has 4 fully saturated rings. The summed E-state index contributed by atoms with van der Waals surface area (Å²) in [5.74, 6) is 3.08. The van der Waals surface area contributed by atoms with E-state index in [4.69, 9.17) is 4.74 Å². The molecule has 25 heavy (non-hydrogen) atoms. The average Bonchev–Trinajstić information content (AvgIpc) is 2.43. The fraction of sp³-hybridized carbons (Fsp3) is 0.909. The highest BCUT2D eigenvalue weighted by molar-refractivity contribution is 5.80. The molecular formula is C22H36O3. The molecule has 1 unspecified atom stereocenters. The minimum atomic E-state index is -0.166. The van der Waals surface area contributed by atoms with Crippen LogP contribution in [-0.4, -0.2) is 17.4 Å². The molecule has 0 amide bonds. The van der Waals surface area contributed by atoms with E-state index >= 15 is 0 Å². The molecule has 0 saturated heterocycles. The first-order valence-corrected chi connectivity index (χ1v) is 10.5. The predicted molar refractivity (Wildman–Crippen MR) is 99.0 cm³/mol. The van der Waals surface area contributed by atoms with Gasteiger partial charge in [0.2, 0.25) is 0 Å². The third kappa shape index (κ3) is 4.46. The Hall–Kier alpha value is -0.860. The molecule has 142 valence electrons. The van der Waals surface area contributed by atoms with Crippen LogP contribution in [0.4, 0.5) is 0 Å². The third-order valence-electron chi connectivity index (χ3n) is 6.78. The van der Waals surface area contributed by atoms with Crippen LogP contribution < -0.4 is 0 Å². The molecule has 0 N–H and O–H groups in total. The first kappa shape index (κ1) is 18.9. The lowest BCUT2D eigenvalue weighted by molar-refractivity contribution is -0.192. The SMILES string of the molecule is CC(C)CC(=O)CCC(C(=O)OC12CC3CC(CC(C3)C1)C2)C(C)C. The zero-order valence-corrected chi connectivity index (χ0v) is 16.6. The van der Waals surface area contributed by atoms with Crippen LogP contribution in [0.15, 0.2) is 0 Å². The van der Waals surface area contributed by atoms with Gasteiger partial charge in [-0.1, -0.05) is 27.7 Å². The minimum Gasteiger partial charge on any atom is -0.459 e. The molecule has 0 aromatic carbocycles. The van der Waals surface area contributed by atoms with E-state index in [0.29, 0.717) is 25.2 Å². The van der Waals surface area contributed by atoms with E-state index in [0.717, 1.165) is 37.0 Å². The second kappa shape index (κ2) is 7.40. The topological polar surface area (TPSA) is 43.4 Å². The molecule has 4 bridgehead atoms. The van der Waals surface area contributed by atoms with Gasteiger partial charge in [0.15, 0.2) is 0 Å². The summed E-state index contributed by atoms with van der Waals surface area (Å²) in [5.41, 5.74) is -0.166. The number of ether oxygens (including phenoxy) is 1. The van der Waals surface area contributed by atoms with Crippen molar-refractivity contribution in [1.82, 2.24) is 0 Å². The van der Waals surface area contributed by atoms with Gasteiger partial charge in [0, 0.05) is 12.8 Å². The smallest absolute Gasteiger partial charge is 0.309 e. The van der Waals surface area contributed by atoms with Crippen molar-refractivity contribution in [3.8, 4) is 0 Å². The number of ketones is 1. The Morgan fingerprint density at radius 2 is 1.48 bits per heavy atom. The van der Waals surface area contributed by atoms with Crippen LogP contribution in [0.5, 0.6) is 0 Å². The molecule has 0 aromatic rings. The van der Waals surface area contributed by atoms with Gasteiger partial charge in [-0.15, -0.1) is 0 Å². The maximum absolute atomic E-state index is 13.0. The molecular weight excluding hydrogens is 312 g/mol. The highest BCUT2D eigenvalue weighted by atomic mass is 16.6. The first-order chi connectivity index (χ1) is 11.8. The lowest BCUT2D eigenvalue weighted by Crippen LogP contribution is -2.53. The summed E-state index contributed by atoms with van der Waals surface area (Å²) in [6.07, 6.45) is 9.10. The molecule has 0 heterocycles. The molecule has 4 rings (SSSR count). The van der Waals surface area contributed by atoms with Crippen molar-refractivity contribution in [1.29, 1.82) is 0 Å². The monoisotopic (exact) mass is 348 g/mol. The van der Waals surface area contributed by atoms with Gasteiger partial charge in [0.25, 0.3) is 0 Å². The normalized spacial score (nSPS) is 34.6. The van der Waals surface area contributed by atoms with Crippen molar-refractivity contribution in [2.45, 2.75) is 91.1 Å². The fourth-order valence-electron chi connectivity index (χ4n) is 6.04. The Bertz CT molecular complexity index is 470. The van der Waals surface area contributed by atoms with E-state index in [9.17, 15) is 9.59 Å². The average molecular weight is 349 g/mol. The Morgan fingerprint density at radius 3 is 1.92 bits per heavy atom. The number of hydrogen-bond donors (Lipinski definition) is 0. The van der Waals surface area contributed by atoms with Crippen LogP contribution >= 0.6 is 0 Å². The van der Waals surface area contributed by atoms with Gasteiger partial charge < -0.3 is 4.74 Å². The van der Waals surface area contributed by atoms with Gasteiger partial charge in [0.1, 0.15) is 11.4 Å². The summed E-state index contributed by atoms with van der Waals surface area (Å²) in [5, 5.41) is 0. The van der Waals surface area contributed by atoms with E-state index in [1.165, 1.54) is 19.3 Å². The maximum Gasteiger partial charge on any atom is 0.309 e. The summed E-state index contributed by atoms with van der Waals surface area (Å²) < 4.78 is 6.24. The molecule has 1 atom stereocenters. The number of hydrogen-bond acceptors (Lipinski definition) is 3. The van der Waals surface area contributed by atoms with E-state index in [2.05, 4.69) is 27.7 Å². The van der Waals surface area contributed by atoms with Crippen molar-refractivity contribution < 1.29 is 14.3 Å². The lowest BCUT2D eigenvalue weighted by atomic mass is 9.54. The molecule has 4 saturated carbocycles. The number of carbonyl (C=O) groups is 2. The zero-order chi connectivity index (χ0) is 18.2. The third-order valence-corrected chi connectivity index (χ3v) is 6.78. The summed E-state index contributed by atoms with van der Waals surface area (Å²) in [6.45, 7) is 8.30. The molecule has 0 spiro atoms. The van der Waals surface area contributed by atoms with Crippen molar-refractivity contribution in [3.63, 3.8) is 0 Å². The quantitative estimate of drug-likeness (QED) is 0.569. The molecule has 4 aliphatic rings. The summed E-state index contributed by atoms with van der Waals surface area (Å²) >= 11 is 0. The van der Waals surface area contributed by atoms with Crippen molar-refractivity contribution in [2.24, 2.45) is 35.5 Å². The Balaban J connectivity index is 1.58. The number of esters is 1. The van der Waals surface area contributed by atoms with E-state index in [-0.39, 0.29) is 29.2 Å². The van der Waals surface area contributed by atoms with Crippen molar-refractivity contribution in [3.05, 3.63) is 0 Å². The van der Waals surface area contributed by atoms with Crippen molar-refractivity contribution >= 4 is 11.8 Å². The minimum absolute atomic E-state index is 0.0331. The molecule has 3 heteroatoms. The lowest BCUT2D eigenvalue weighted by Gasteiger charge is -2.56. The first-order valence-electron chi connectivity index (χ1n) is 10.5. The largest absolute Gasteiger partial charge is 0.459 e. The van der Waals surface area contributed by atoms with Crippen LogP contribution in [0.1, 0.15) is 85.5 Å². The van der Waals surface area contributed by atoms with Gasteiger partial charge >= 0.3 is 5.97 Å². The van der Waals surface area contributed by atoms with E-state index in [1.807, 2.05) is 0 Å². The van der Waals surface area contributed by atoms with Gasteiger partial charge in [-0.3, -0.25) is 9.59 Å². The van der Waals surface area contributed by atoms with E-state index < -0.39 is 0 Å². The maximum atomic E-state index is 13.0. The molecule has 0 aliphatic heterocycles. The summed E-state index contributed by atoms with van der Waals surface area (Å²) in [7, 11) is 0. The standard InChI is InChI=1S/C22H36O3/c1-14(2)7-19(23)5-6-20(15(3)4)21(24)25-22-11-16-8-17(12-22)10-18(9-16)13-22/h14-18,20H,5-13H2,1-4H3. The molecule has 0 aromatic heterocycles. The van der Waals surface area contributed by atoms with Crippen LogP contribution in [0.3, 0.4) is 0 Å². The van der Waals surface area contributed by atoms with Crippen LogP contribution in [-0.2, 0) is 14.3 Å². The van der Waals surface area contributed by atoms with Gasteiger partial charge in [-0.2, -0.15) is 0 Å². The Labute approximate surface area is 153 Å². The van der Waals surface area contributed by atoms with Gasteiger partial charge in [0.05, 0.1) is 5.92 Å². The Kier molecular flexibility index (Phi) is 5.60. The number of carbonyl (C=O) groups excluding carboxylic acids is 2. The van der Waals surface area contributed by atoms with Gasteiger partial charge in [-0.05, 0) is 74.5 Å². The van der Waals surface area contributed by atoms with Gasteiger partial charge in [-0.25, -0.2) is 0 Å². The highest BCUT2D eigenvalue weighted by Gasteiger charge is 2.53. The van der Waals surface area contributed by atoms with Crippen LogP contribution in [0.2, 0.25) is 0 Å².